The molecule has 0 radical (unpaired) electrons. The van der Waals surface area contributed by atoms with Crippen molar-refractivity contribution < 1.29 is 4.74 Å². The lowest BCUT2D eigenvalue weighted by atomic mass is 10.1. The van der Waals surface area contributed by atoms with E-state index in [0.29, 0.717) is 5.02 Å². The van der Waals surface area contributed by atoms with Gasteiger partial charge in [-0.3, -0.25) is 0 Å². The van der Waals surface area contributed by atoms with Gasteiger partial charge in [-0.15, -0.1) is 0 Å². The smallest absolute Gasteiger partial charge is 0.141 e. The van der Waals surface area contributed by atoms with Crippen molar-refractivity contribution in [3.8, 4) is 5.75 Å². The molecular weight excluding hydrogens is 184 g/mol. The van der Waals surface area contributed by atoms with Gasteiger partial charge in [-0.2, -0.15) is 0 Å². The van der Waals surface area contributed by atoms with Crippen LogP contribution in [0.3, 0.4) is 0 Å². The number of hydrogen-bond donors (Lipinski definition) is 0. The van der Waals surface area contributed by atoms with Gasteiger partial charge >= 0.3 is 0 Å². The summed E-state index contributed by atoms with van der Waals surface area (Å²) >= 11 is 6.01. The number of hydrogen-bond acceptors (Lipinski definition) is 1. The van der Waals surface area contributed by atoms with Crippen molar-refractivity contribution in [2.75, 3.05) is 6.61 Å². The van der Waals surface area contributed by atoms with Crippen molar-refractivity contribution in [1.29, 1.82) is 0 Å². The topological polar surface area (TPSA) is 9.23 Å². The number of ether oxygens (including phenoxy) is 1. The van der Waals surface area contributed by atoms with E-state index < -0.39 is 0 Å². The van der Waals surface area contributed by atoms with Crippen molar-refractivity contribution in [1.82, 2.24) is 0 Å². The molecule has 0 heterocycles. The highest BCUT2D eigenvalue weighted by molar-refractivity contribution is 6.32. The average Bonchev–Trinajstić information content (AvgIpc) is 2.12. The van der Waals surface area contributed by atoms with Crippen LogP contribution in [-0.2, 0) is 0 Å². The van der Waals surface area contributed by atoms with Gasteiger partial charge in [-0.25, -0.2) is 0 Å². The molecule has 0 bridgehead atoms. The molecule has 0 amide bonds. The van der Waals surface area contributed by atoms with E-state index in [2.05, 4.69) is 13.8 Å². The predicted octanol–water partition coefficient (Wildman–Crippen LogP) is 3.75. The van der Waals surface area contributed by atoms with Gasteiger partial charge in [0.2, 0.25) is 0 Å². The number of benzene rings is 1. The molecule has 13 heavy (non-hydrogen) atoms. The molecule has 0 spiro atoms. The fraction of sp³-hybridized carbons (Fsp3) is 0.455. The van der Waals surface area contributed by atoms with Gasteiger partial charge in [-0.05, 0) is 37.5 Å². The first kappa shape index (κ1) is 10.4. The van der Waals surface area contributed by atoms with E-state index in [-0.39, 0.29) is 0 Å². The molecule has 0 unspecified atom stereocenters. The summed E-state index contributed by atoms with van der Waals surface area (Å²) in [6.07, 6.45) is 1.00. The standard InChI is InChI=1S/C11H15ClO/c1-4-7-13-11-9(3)8(2)5-6-10(11)12/h5-6H,4,7H2,1-3H3. The van der Waals surface area contributed by atoms with E-state index in [1.54, 1.807) is 0 Å². The highest BCUT2D eigenvalue weighted by Gasteiger charge is 2.06. The fourth-order valence-corrected chi connectivity index (χ4v) is 1.40. The van der Waals surface area contributed by atoms with Crippen LogP contribution in [0, 0.1) is 13.8 Å². The lowest BCUT2D eigenvalue weighted by Crippen LogP contribution is -1.98. The van der Waals surface area contributed by atoms with Crippen LogP contribution in [0.4, 0.5) is 0 Å². The van der Waals surface area contributed by atoms with Crippen LogP contribution in [-0.4, -0.2) is 6.61 Å². The molecule has 0 atom stereocenters. The van der Waals surface area contributed by atoms with E-state index in [9.17, 15) is 0 Å². The maximum absolute atomic E-state index is 6.01. The summed E-state index contributed by atoms with van der Waals surface area (Å²) in [6, 6.07) is 3.89. The molecule has 0 N–H and O–H groups in total. The van der Waals surface area contributed by atoms with Crippen LogP contribution in [0.5, 0.6) is 5.75 Å². The number of halogens is 1. The first-order valence-corrected chi connectivity index (χ1v) is 4.93. The Morgan fingerprint density at radius 1 is 1.31 bits per heavy atom. The Bertz CT molecular complexity index is 294. The summed E-state index contributed by atoms with van der Waals surface area (Å²) < 4.78 is 5.57. The minimum absolute atomic E-state index is 0.705. The highest BCUT2D eigenvalue weighted by Crippen LogP contribution is 2.30. The van der Waals surface area contributed by atoms with Crippen LogP contribution in [0.1, 0.15) is 24.5 Å². The molecule has 0 aliphatic heterocycles. The quantitative estimate of drug-likeness (QED) is 0.719. The summed E-state index contributed by atoms with van der Waals surface area (Å²) in [4.78, 5) is 0. The van der Waals surface area contributed by atoms with Gasteiger partial charge in [0, 0.05) is 0 Å². The lowest BCUT2D eigenvalue weighted by Gasteiger charge is -2.11. The van der Waals surface area contributed by atoms with E-state index in [1.165, 1.54) is 5.56 Å². The highest BCUT2D eigenvalue weighted by atomic mass is 35.5. The monoisotopic (exact) mass is 198 g/mol. The van der Waals surface area contributed by atoms with E-state index in [0.717, 1.165) is 24.3 Å². The minimum atomic E-state index is 0.705. The van der Waals surface area contributed by atoms with Crippen molar-refractivity contribution in [3.63, 3.8) is 0 Å². The molecule has 0 aromatic heterocycles. The van der Waals surface area contributed by atoms with E-state index in [4.69, 9.17) is 16.3 Å². The minimum Gasteiger partial charge on any atom is -0.492 e. The Kier molecular flexibility index (Phi) is 3.61. The maximum Gasteiger partial charge on any atom is 0.141 e. The molecule has 2 heteroatoms. The largest absolute Gasteiger partial charge is 0.492 e. The molecule has 0 aliphatic rings. The van der Waals surface area contributed by atoms with Gasteiger partial charge in [0.15, 0.2) is 0 Å². The third-order valence-electron chi connectivity index (χ3n) is 2.08. The Morgan fingerprint density at radius 2 is 2.00 bits per heavy atom. The van der Waals surface area contributed by atoms with E-state index in [1.807, 2.05) is 19.1 Å². The SMILES string of the molecule is CCCOc1c(Cl)ccc(C)c1C. The van der Waals surface area contributed by atoms with Gasteiger partial charge in [0.25, 0.3) is 0 Å². The lowest BCUT2D eigenvalue weighted by molar-refractivity contribution is 0.315. The molecule has 0 saturated heterocycles. The summed E-state index contributed by atoms with van der Waals surface area (Å²) in [5.74, 6) is 0.837. The molecule has 1 aromatic carbocycles. The molecular formula is C11H15ClO. The first-order valence-electron chi connectivity index (χ1n) is 4.55. The zero-order valence-corrected chi connectivity index (χ0v) is 9.11. The normalized spacial score (nSPS) is 10.2. The van der Waals surface area contributed by atoms with E-state index >= 15 is 0 Å². The van der Waals surface area contributed by atoms with Gasteiger partial charge in [0.1, 0.15) is 5.75 Å². The zero-order valence-electron chi connectivity index (χ0n) is 8.36. The summed E-state index contributed by atoms with van der Waals surface area (Å²) in [6.45, 7) is 6.90. The Labute approximate surface area is 84.7 Å². The van der Waals surface area contributed by atoms with Crippen LogP contribution >= 0.6 is 11.6 Å². The average molecular weight is 199 g/mol. The second-order valence-electron chi connectivity index (χ2n) is 3.17. The molecule has 0 fully saturated rings. The maximum atomic E-state index is 6.01. The van der Waals surface area contributed by atoms with Gasteiger partial charge in [0.05, 0.1) is 11.6 Å². The van der Waals surface area contributed by atoms with Crippen LogP contribution < -0.4 is 4.74 Å². The first-order chi connectivity index (χ1) is 6.16. The molecule has 0 saturated carbocycles. The number of rotatable bonds is 3. The fourth-order valence-electron chi connectivity index (χ4n) is 1.14. The van der Waals surface area contributed by atoms with Crippen molar-refractivity contribution >= 4 is 11.6 Å². The predicted molar refractivity (Wildman–Crippen MR) is 56.7 cm³/mol. The summed E-state index contributed by atoms with van der Waals surface area (Å²) in [5, 5.41) is 0.705. The molecule has 1 nitrogen and oxygen atoms in total. The second kappa shape index (κ2) is 4.52. The summed E-state index contributed by atoms with van der Waals surface area (Å²) in [7, 11) is 0. The van der Waals surface area contributed by atoms with Crippen LogP contribution in [0.15, 0.2) is 12.1 Å². The van der Waals surface area contributed by atoms with Crippen molar-refractivity contribution in [2.24, 2.45) is 0 Å². The van der Waals surface area contributed by atoms with Crippen LogP contribution in [0.2, 0.25) is 5.02 Å². The van der Waals surface area contributed by atoms with Gasteiger partial charge < -0.3 is 4.74 Å². The molecule has 0 aliphatic carbocycles. The Balaban J connectivity index is 2.96. The third kappa shape index (κ3) is 2.38. The molecule has 1 rings (SSSR count). The van der Waals surface area contributed by atoms with Gasteiger partial charge in [-0.1, -0.05) is 24.6 Å². The third-order valence-corrected chi connectivity index (χ3v) is 2.38. The zero-order chi connectivity index (χ0) is 9.84. The Morgan fingerprint density at radius 3 is 2.62 bits per heavy atom. The number of aryl methyl sites for hydroxylation is 1. The molecule has 72 valence electrons. The van der Waals surface area contributed by atoms with Crippen LogP contribution in [0.25, 0.3) is 0 Å². The summed E-state index contributed by atoms with van der Waals surface area (Å²) in [5.41, 5.74) is 2.36. The Hall–Kier alpha value is -0.690. The second-order valence-corrected chi connectivity index (χ2v) is 3.57. The van der Waals surface area contributed by atoms with Crippen molar-refractivity contribution in [3.05, 3.63) is 28.3 Å². The molecule has 1 aromatic rings. The van der Waals surface area contributed by atoms with Crippen molar-refractivity contribution in [2.45, 2.75) is 27.2 Å².